The van der Waals surface area contributed by atoms with Crippen molar-refractivity contribution in [2.24, 2.45) is 11.8 Å². The Balaban J connectivity index is 3.74. The summed E-state index contributed by atoms with van der Waals surface area (Å²) in [5.41, 5.74) is 0. The molecular formula is C12H18O. The van der Waals surface area contributed by atoms with Crippen LogP contribution in [-0.2, 0) is 4.79 Å². The molecule has 0 spiro atoms. The van der Waals surface area contributed by atoms with Crippen LogP contribution in [-0.4, -0.2) is 5.94 Å². The highest BCUT2D eigenvalue weighted by atomic mass is 16.1. The second-order valence-corrected chi connectivity index (χ2v) is 3.55. The minimum atomic E-state index is 0.486. The Hall–Kier alpha value is -1.07. The van der Waals surface area contributed by atoms with Crippen LogP contribution in [0.1, 0.15) is 27.2 Å². The summed E-state index contributed by atoms with van der Waals surface area (Å²) in [5, 5.41) is 0. The van der Waals surface area contributed by atoms with Gasteiger partial charge in [0.1, 0.15) is 5.94 Å². The molecule has 1 heteroatoms. The summed E-state index contributed by atoms with van der Waals surface area (Å²) < 4.78 is 0. The molecule has 0 rings (SSSR count). The molecule has 1 unspecified atom stereocenters. The van der Waals surface area contributed by atoms with Crippen LogP contribution in [0.2, 0.25) is 0 Å². The van der Waals surface area contributed by atoms with Gasteiger partial charge in [-0.25, -0.2) is 4.79 Å². The van der Waals surface area contributed by atoms with E-state index < -0.39 is 0 Å². The normalized spacial score (nSPS) is 13.8. The van der Waals surface area contributed by atoms with Gasteiger partial charge in [0.05, 0.1) is 0 Å². The Morgan fingerprint density at radius 1 is 1.23 bits per heavy atom. The maximum absolute atomic E-state index is 9.84. The third-order valence-electron chi connectivity index (χ3n) is 1.63. The third-order valence-corrected chi connectivity index (χ3v) is 1.63. The fourth-order valence-corrected chi connectivity index (χ4v) is 0.928. The molecule has 0 N–H and O–H groups in total. The van der Waals surface area contributed by atoms with Crippen LogP contribution >= 0.6 is 0 Å². The summed E-state index contributed by atoms with van der Waals surface area (Å²) in [6.45, 7) is 6.44. The van der Waals surface area contributed by atoms with E-state index in [0.717, 1.165) is 6.42 Å². The highest BCUT2D eigenvalue weighted by Crippen LogP contribution is 2.06. The molecule has 0 fully saturated rings. The van der Waals surface area contributed by atoms with E-state index >= 15 is 0 Å². The number of hydrogen-bond donors (Lipinski definition) is 0. The van der Waals surface area contributed by atoms with Gasteiger partial charge in [0, 0.05) is 6.08 Å². The van der Waals surface area contributed by atoms with Crippen LogP contribution in [0.25, 0.3) is 0 Å². The molecule has 0 saturated heterocycles. The van der Waals surface area contributed by atoms with Crippen LogP contribution in [0.15, 0.2) is 30.4 Å². The first kappa shape index (κ1) is 11.9. The molecule has 72 valence electrons. The lowest BCUT2D eigenvalue weighted by atomic mass is 10.1. The Bertz CT molecular complexity index is 217. The van der Waals surface area contributed by atoms with Gasteiger partial charge in [0.2, 0.25) is 0 Å². The summed E-state index contributed by atoms with van der Waals surface area (Å²) in [7, 11) is 0. The van der Waals surface area contributed by atoms with Gasteiger partial charge in [0.25, 0.3) is 0 Å². The fraction of sp³-hybridized carbons (Fsp3) is 0.500. The van der Waals surface area contributed by atoms with Crippen molar-refractivity contribution in [1.29, 1.82) is 0 Å². The molecule has 13 heavy (non-hydrogen) atoms. The van der Waals surface area contributed by atoms with Gasteiger partial charge in [-0.1, -0.05) is 45.1 Å². The number of rotatable bonds is 5. The van der Waals surface area contributed by atoms with E-state index in [1.54, 1.807) is 12.0 Å². The Morgan fingerprint density at radius 3 is 2.46 bits per heavy atom. The van der Waals surface area contributed by atoms with E-state index in [1.807, 2.05) is 6.08 Å². The maximum atomic E-state index is 9.84. The van der Waals surface area contributed by atoms with Crippen molar-refractivity contribution in [2.45, 2.75) is 27.2 Å². The van der Waals surface area contributed by atoms with E-state index in [1.165, 1.54) is 6.08 Å². The van der Waals surface area contributed by atoms with Gasteiger partial charge in [-0.3, -0.25) is 0 Å². The molecule has 0 bridgehead atoms. The zero-order chi connectivity index (χ0) is 10.1. The van der Waals surface area contributed by atoms with E-state index in [4.69, 9.17) is 0 Å². The average Bonchev–Trinajstić information content (AvgIpc) is 2.04. The molecule has 0 aliphatic carbocycles. The predicted octanol–water partition coefficient (Wildman–Crippen LogP) is 3.17. The summed E-state index contributed by atoms with van der Waals surface area (Å²) in [6, 6.07) is 0. The van der Waals surface area contributed by atoms with Crippen LogP contribution in [0.4, 0.5) is 0 Å². The first-order valence-electron chi connectivity index (χ1n) is 4.71. The fourth-order valence-electron chi connectivity index (χ4n) is 0.928. The molecule has 1 nitrogen and oxygen atoms in total. The zero-order valence-electron chi connectivity index (χ0n) is 8.66. The number of allylic oxidation sites excluding steroid dienone is 5. The van der Waals surface area contributed by atoms with Crippen molar-refractivity contribution in [3.63, 3.8) is 0 Å². The van der Waals surface area contributed by atoms with Crippen LogP contribution < -0.4 is 0 Å². The zero-order valence-corrected chi connectivity index (χ0v) is 8.66. The highest BCUT2D eigenvalue weighted by molar-refractivity contribution is 5.48. The van der Waals surface area contributed by atoms with Gasteiger partial charge in [-0.15, -0.1) is 0 Å². The summed E-state index contributed by atoms with van der Waals surface area (Å²) >= 11 is 0. The van der Waals surface area contributed by atoms with E-state index in [9.17, 15) is 4.79 Å². The second-order valence-electron chi connectivity index (χ2n) is 3.55. The lowest BCUT2D eigenvalue weighted by molar-refractivity contribution is 0.569. The van der Waals surface area contributed by atoms with Gasteiger partial charge >= 0.3 is 0 Å². The van der Waals surface area contributed by atoms with Gasteiger partial charge < -0.3 is 0 Å². The summed E-state index contributed by atoms with van der Waals surface area (Å²) in [6.07, 6.45) is 10.6. The second kappa shape index (κ2) is 7.57. The first-order chi connectivity index (χ1) is 6.16. The van der Waals surface area contributed by atoms with Crippen molar-refractivity contribution >= 4 is 5.94 Å². The molecule has 0 aromatic heterocycles. The predicted molar refractivity (Wildman–Crippen MR) is 57.2 cm³/mol. The molecular weight excluding hydrogens is 160 g/mol. The van der Waals surface area contributed by atoms with E-state index in [-0.39, 0.29) is 0 Å². The Labute approximate surface area is 80.8 Å². The average molecular weight is 178 g/mol. The van der Waals surface area contributed by atoms with Crippen LogP contribution in [0.5, 0.6) is 0 Å². The molecule has 0 aliphatic heterocycles. The molecule has 1 atom stereocenters. The lowest BCUT2D eigenvalue weighted by Gasteiger charge is -2.00. The van der Waals surface area contributed by atoms with Crippen LogP contribution in [0, 0.1) is 11.8 Å². The van der Waals surface area contributed by atoms with Crippen molar-refractivity contribution < 1.29 is 4.79 Å². The van der Waals surface area contributed by atoms with E-state index in [0.29, 0.717) is 11.8 Å². The van der Waals surface area contributed by atoms with Gasteiger partial charge in [-0.2, -0.15) is 0 Å². The Morgan fingerprint density at radius 2 is 1.92 bits per heavy atom. The van der Waals surface area contributed by atoms with Gasteiger partial charge in [-0.05, 0) is 18.3 Å². The minimum absolute atomic E-state index is 0.486. The van der Waals surface area contributed by atoms with Crippen molar-refractivity contribution in [2.75, 3.05) is 0 Å². The molecule has 0 heterocycles. The molecule has 0 aromatic carbocycles. The summed E-state index contributed by atoms with van der Waals surface area (Å²) in [4.78, 5) is 9.84. The smallest absolute Gasteiger partial charge is 0.124 e. The molecule has 0 aromatic rings. The maximum Gasteiger partial charge on any atom is 0.124 e. The molecule has 0 radical (unpaired) electrons. The third kappa shape index (κ3) is 8.84. The lowest BCUT2D eigenvalue weighted by Crippen LogP contribution is -1.86. The Kier molecular flexibility index (Phi) is 6.95. The van der Waals surface area contributed by atoms with E-state index in [2.05, 4.69) is 32.9 Å². The van der Waals surface area contributed by atoms with Gasteiger partial charge in [0.15, 0.2) is 0 Å². The largest absolute Gasteiger partial charge is 0.234 e. The molecule has 0 amide bonds. The summed E-state index contributed by atoms with van der Waals surface area (Å²) in [5.74, 6) is 2.82. The SMILES string of the molecule is CC(C)C=CCC(C)C=CC=C=O. The topological polar surface area (TPSA) is 17.1 Å². The number of hydrogen-bond acceptors (Lipinski definition) is 1. The van der Waals surface area contributed by atoms with Crippen molar-refractivity contribution in [3.8, 4) is 0 Å². The quantitative estimate of drug-likeness (QED) is 0.359. The minimum Gasteiger partial charge on any atom is -0.234 e. The van der Waals surface area contributed by atoms with Crippen molar-refractivity contribution in [3.05, 3.63) is 30.4 Å². The monoisotopic (exact) mass is 178 g/mol. The number of carbonyl (C=O) groups excluding carboxylic acids is 1. The highest BCUT2D eigenvalue weighted by Gasteiger charge is 1.92. The van der Waals surface area contributed by atoms with Crippen LogP contribution in [0.3, 0.4) is 0 Å². The van der Waals surface area contributed by atoms with Crippen molar-refractivity contribution in [1.82, 2.24) is 0 Å². The molecule has 0 aliphatic rings. The first-order valence-corrected chi connectivity index (χ1v) is 4.71. The molecule has 0 saturated carbocycles. The standard InChI is InChI=1S/C12H18O/c1-11(2)7-6-9-12(3)8-4-5-10-13/h4-8,11-12H,9H2,1-3H3.